The Morgan fingerprint density at radius 3 is 1.54 bits per heavy atom. The molecule has 0 fully saturated rings. The van der Waals surface area contributed by atoms with E-state index in [1.54, 1.807) is 0 Å². The number of hydrogen-bond acceptors (Lipinski definition) is 4. The molecule has 0 radical (unpaired) electrons. The summed E-state index contributed by atoms with van der Waals surface area (Å²) < 4.78 is 0. The van der Waals surface area contributed by atoms with Gasteiger partial charge in [-0.3, -0.25) is 4.98 Å². The van der Waals surface area contributed by atoms with Gasteiger partial charge >= 0.3 is 0 Å². The Kier molecular flexibility index (Phi) is 5.84. The van der Waals surface area contributed by atoms with Crippen molar-refractivity contribution in [2.24, 2.45) is 0 Å². The molecule has 2 aromatic heterocycles. The Morgan fingerprint density at radius 2 is 0.792 bits per heavy atom. The third-order valence-electron chi connectivity index (χ3n) is 9.58. The summed E-state index contributed by atoms with van der Waals surface area (Å²) in [5.41, 5.74) is 2.75. The molecule has 0 N–H and O–H groups in total. The second-order valence-corrected chi connectivity index (χ2v) is 12.3. The normalized spacial score (nSPS) is 11.8. The fraction of sp³-hybridized carbons (Fsp3) is 0. The van der Waals surface area contributed by atoms with Crippen LogP contribution < -0.4 is 0 Å². The summed E-state index contributed by atoms with van der Waals surface area (Å²) in [7, 11) is 0. The maximum Gasteiger partial charge on any atom is 0.166 e. The fourth-order valence-corrected chi connectivity index (χ4v) is 7.31. The summed E-state index contributed by atoms with van der Waals surface area (Å²) >= 11 is 0. The zero-order valence-electron chi connectivity index (χ0n) is 25.8. The second kappa shape index (κ2) is 10.5. The standard InChI is InChI=1S/C44H26N4/c1-2-11-28(12-3-1)42-46-43(29-19-21-36-33-16-7-6-14-31(33)32-15-8-9-17-34(32)39(36)24-29)48-44(47-42)41-26-45-25-40-37-20-18-27-10-4-5-13-30(27)35(37)22-23-38(40)41/h1-26H. The van der Waals surface area contributed by atoms with Crippen molar-refractivity contribution in [3.05, 3.63) is 158 Å². The van der Waals surface area contributed by atoms with E-state index in [1.165, 1.54) is 48.5 Å². The Bertz CT molecular complexity index is 2860. The molecule has 48 heavy (non-hydrogen) atoms. The van der Waals surface area contributed by atoms with E-state index < -0.39 is 0 Å². The highest BCUT2D eigenvalue weighted by molar-refractivity contribution is 6.25. The van der Waals surface area contributed by atoms with Gasteiger partial charge in [-0.1, -0.05) is 140 Å². The average molecular weight is 611 g/mol. The van der Waals surface area contributed by atoms with Crippen molar-refractivity contribution in [2.75, 3.05) is 0 Å². The molecule has 222 valence electrons. The van der Waals surface area contributed by atoms with Crippen LogP contribution in [0.15, 0.2) is 158 Å². The van der Waals surface area contributed by atoms with Crippen molar-refractivity contribution >= 4 is 64.6 Å². The fourth-order valence-electron chi connectivity index (χ4n) is 7.31. The van der Waals surface area contributed by atoms with Crippen molar-refractivity contribution < 1.29 is 0 Å². The van der Waals surface area contributed by atoms with E-state index in [9.17, 15) is 0 Å². The topological polar surface area (TPSA) is 51.6 Å². The van der Waals surface area contributed by atoms with E-state index >= 15 is 0 Å². The lowest BCUT2D eigenvalue weighted by atomic mass is 9.93. The first-order valence-electron chi connectivity index (χ1n) is 16.1. The third kappa shape index (κ3) is 4.10. The van der Waals surface area contributed by atoms with Crippen LogP contribution in [0.4, 0.5) is 0 Å². The Morgan fingerprint density at radius 1 is 0.292 bits per heavy atom. The molecular formula is C44H26N4. The van der Waals surface area contributed by atoms with Crippen LogP contribution in [0.3, 0.4) is 0 Å². The van der Waals surface area contributed by atoms with Crippen LogP contribution in [0.5, 0.6) is 0 Å². The lowest BCUT2D eigenvalue weighted by molar-refractivity contribution is 1.07. The molecule has 0 amide bonds. The summed E-state index contributed by atoms with van der Waals surface area (Å²) in [5, 5.41) is 14.3. The van der Waals surface area contributed by atoms with E-state index in [-0.39, 0.29) is 0 Å². The van der Waals surface area contributed by atoms with Crippen LogP contribution in [0.25, 0.3) is 98.8 Å². The maximum atomic E-state index is 5.17. The molecule has 0 aliphatic carbocycles. The molecule has 4 nitrogen and oxygen atoms in total. The number of benzene rings is 8. The molecule has 2 heterocycles. The highest BCUT2D eigenvalue weighted by Crippen LogP contribution is 2.38. The summed E-state index contributed by atoms with van der Waals surface area (Å²) in [6.07, 6.45) is 3.83. The zero-order chi connectivity index (χ0) is 31.6. The van der Waals surface area contributed by atoms with Gasteiger partial charge in [-0.15, -0.1) is 0 Å². The van der Waals surface area contributed by atoms with Crippen molar-refractivity contribution in [1.82, 2.24) is 19.9 Å². The number of pyridine rings is 1. The van der Waals surface area contributed by atoms with Crippen LogP contribution in [0.2, 0.25) is 0 Å². The molecule has 8 aromatic carbocycles. The largest absolute Gasteiger partial charge is 0.263 e. The average Bonchev–Trinajstić information content (AvgIpc) is 3.17. The van der Waals surface area contributed by atoms with Gasteiger partial charge in [-0.2, -0.15) is 0 Å². The van der Waals surface area contributed by atoms with Crippen molar-refractivity contribution in [3.63, 3.8) is 0 Å². The summed E-state index contributed by atoms with van der Waals surface area (Å²) in [4.78, 5) is 20.0. The van der Waals surface area contributed by atoms with Crippen LogP contribution in [-0.2, 0) is 0 Å². The lowest BCUT2D eigenvalue weighted by Crippen LogP contribution is -2.01. The SMILES string of the molecule is c1ccc(-c2nc(-c3ccc4c5ccccc5c5ccccc5c4c3)nc(-c3cncc4c3ccc3c5ccccc5ccc43)n2)cc1. The summed E-state index contributed by atoms with van der Waals surface area (Å²) in [6.45, 7) is 0. The van der Waals surface area contributed by atoms with Crippen LogP contribution in [0, 0.1) is 0 Å². The molecule has 10 rings (SSSR count). The molecule has 0 saturated heterocycles. The minimum atomic E-state index is 0.598. The van der Waals surface area contributed by atoms with Gasteiger partial charge in [0, 0.05) is 34.5 Å². The maximum absolute atomic E-state index is 5.17. The molecule has 0 saturated carbocycles. The molecule has 0 atom stereocenters. The first kappa shape index (κ1) is 26.7. The van der Waals surface area contributed by atoms with Gasteiger partial charge in [0.25, 0.3) is 0 Å². The van der Waals surface area contributed by atoms with E-state index in [1.807, 2.05) is 42.7 Å². The van der Waals surface area contributed by atoms with Gasteiger partial charge in [-0.25, -0.2) is 15.0 Å². The summed E-state index contributed by atoms with van der Waals surface area (Å²) in [5.74, 6) is 1.85. The number of fused-ring (bicyclic) bond motifs is 11. The molecule has 0 bridgehead atoms. The van der Waals surface area contributed by atoms with E-state index in [0.717, 1.165) is 32.8 Å². The predicted octanol–water partition coefficient (Wildman–Crippen LogP) is 11.2. The zero-order valence-corrected chi connectivity index (χ0v) is 25.8. The van der Waals surface area contributed by atoms with Crippen LogP contribution in [0.1, 0.15) is 0 Å². The smallest absolute Gasteiger partial charge is 0.166 e. The van der Waals surface area contributed by atoms with Crippen molar-refractivity contribution in [2.45, 2.75) is 0 Å². The Labute approximate surface area is 276 Å². The molecule has 4 heteroatoms. The molecule has 0 unspecified atom stereocenters. The van der Waals surface area contributed by atoms with E-state index in [2.05, 4.69) is 115 Å². The van der Waals surface area contributed by atoms with Gasteiger partial charge in [-0.05, 0) is 65.3 Å². The third-order valence-corrected chi connectivity index (χ3v) is 9.58. The minimum Gasteiger partial charge on any atom is -0.263 e. The van der Waals surface area contributed by atoms with E-state index in [4.69, 9.17) is 19.9 Å². The molecule has 0 aliphatic rings. The highest BCUT2D eigenvalue weighted by Gasteiger charge is 2.17. The van der Waals surface area contributed by atoms with Gasteiger partial charge < -0.3 is 0 Å². The highest BCUT2D eigenvalue weighted by atomic mass is 15.0. The summed E-state index contributed by atoms with van der Waals surface area (Å²) in [6, 6.07) is 51.3. The minimum absolute atomic E-state index is 0.598. The van der Waals surface area contributed by atoms with Crippen molar-refractivity contribution in [1.29, 1.82) is 0 Å². The number of rotatable bonds is 3. The Balaban J connectivity index is 1.23. The van der Waals surface area contributed by atoms with Gasteiger partial charge in [0.1, 0.15) is 0 Å². The Hall–Kier alpha value is -6.52. The first-order chi connectivity index (χ1) is 23.8. The molecule has 0 spiro atoms. The van der Waals surface area contributed by atoms with Gasteiger partial charge in [0.05, 0.1) is 0 Å². The van der Waals surface area contributed by atoms with E-state index in [0.29, 0.717) is 17.5 Å². The van der Waals surface area contributed by atoms with Crippen molar-refractivity contribution in [3.8, 4) is 34.2 Å². The quantitative estimate of drug-likeness (QED) is 0.187. The second-order valence-electron chi connectivity index (χ2n) is 12.3. The van der Waals surface area contributed by atoms with Gasteiger partial charge in [0.2, 0.25) is 0 Å². The number of aromatic nitrogens is 4. The lowest BCUT2D eigenvalue weighted by Gasteiger charge is -2.13. The monoisotopic (exact) mass is 610 g/mol. The molecular weight excluding hydrogens is 585 g/mol. The van der Waals surface area contributed by atoms with Crippen LogP contribution in [-0.4, -0.2) is 19.9 Å². The number of nitrogens with zero attached hydrogens (tertiary/aromatic N) is 4. The van der Waals surface area contributed by atoms with Gasteiger partial charge in [0.15, 0.2) is 17.5 Å². The molecule has 10 aromatic rings. The molecule has 0 aliphatic heterocycles. The number of hydrogen-bond donors (Lipinski definition) is 0. The predicted molar refractivity (Wildman–Crippen MR) is 199 cm³/mol. The van der Waals surface area contributed by atoms with Crippen LogP contribution >= 0.6 is 0 Å². The first-order valence-corrected chi connectivity index (χ1v) is 16.1.